The SMILES string of the molecule is O=C(Nc1cccnc1N1CCCC1)N1CCN(C(=O)[C@H]2CCS(=O)(=O)C2)CC1. The fourth-order valence-corrected chi connectivity index (χ4v) is 5.98. The summed E-state index contributed by atoms with van der Waals surface area (Å²) in [5.74, 6) is 0.311. The van der Waals surface area contributed by atoms with Crippen molar-refractivity contribution in [2.45, 2.75) is 19.3 Å². The van der Waals surface area contributed by atoms with Gasteiger partial charge in [-0.25, -0.2) is 18.2 Å². The van der Waals surface area contributed by atoms with Crippen LogP contribution in [0.4, 0.5) is 16.3 Å². The number of carbonyl (C=O) groups is 2. The quantitative estimate of drug-likeness (QED) is 0.774. The van der Waals surface area contributed by atoms with Crippen LogP contribution < -0.4 is 10.2 Å². The van der Waals surface area contributed by atoms with Gasteiger partial charge in [-0.3, -0.25) is 4.79 Å². The van der Waals surface area contributed by atoms with E-state index >= 15 is 0 Å². The minimum atomic E-state index is -3.08. The van der Waals surface area contributed by atoms with Gasteiger partial charge >= 0.3 is 6.03 Å². The number of piperazine rings is 1. The third kappa shape index (κ3) is 4.47. The highest BCUT2D eigenvalue weighted by molar-refractivity contribution is 7.91. The number of hydrogen-bond donors (Lipinski definition) is 1. The average Bonchev–Trinajstić information content (AvgIpc) is 3.37. The first-order valence-electron chi connectivity index (χ1n) is 10.2. The van der Waals surface area contributed by atoms with Crippen LogP contribution in [0.5, 0.6) is 0 Å². The largest absolute Gasteiger partial charge is 0.355 e. The molecule has 1 aromatic rings. The van der Waals surface area contributed by atoms with Crippen molar-refractivity contribution in [2.75, 3.05) is 61.0 Å². The van der Waals surface area contributed by atoms with E-state index in [4.69, 9.17) is 0 Å². The van der Waals surface area contributed by atoms with E-state index in [9.17, 15) is 18.0 Å². The Balaban J connectivity index is 1.32. The van der Waals surface area contributed by atoms with E-state index < -0.39 is 15.8 Å². The van der Waals surface area contributed by atoms with E-state index in [1.54, 1.807) is 22.1 Å². The van der Waals surface area contributed by atoms with E-state index in [-0.39, 0.29) is 23.4 Å². The van der Waals surface area contributed by atoms with Crippen molar-refractivity contribution in [1.82, 2.24) is 14.8 Å². The molecule has 3 saturated heterocycles. The zero-order valence-electron chi connectivity index (χ0n) is 16.4. The van der Waals surface area contributed by atoms with Crippen molar-refractivity contribution in [3.8, 4) is 0 Å². The number of pyridine rings is 1. The van der Waals surface area contributed by atoms with Crippen molar-refractivity contribution >= 4 is 33.3 Å². The number of carbonyl (C=O) groups excluding carboxylic acids is 2. The summed E-state index contributed by atoms with van der Waals surface area (Å²) in [7, 11) is -3.08. The zero-order valence-corrected chi connectivity index (χ0v) is 17.2. The molecule has 3 aliphatic heterocycles. The number of urea groups is 1. The molecule has 0 aliphatic carbocycles. The molecule has 9 nitrogen and oxygen atoms in total. The van der Waals surface area contributed by atoms with E-state index in [1.807, 2.05) is 6.07 Å². The van der Waals surface area contributed by atoms with Crippen LogP contribution in [0.2, 0.25) is 0 Å². The monoisotopic (exact) mass is 421 g/mol. The van der Waals surface area contributed by atoms with Crippen molar-refractivity contribution in [1.29, 1.82) is 0 Å². The molecule has 4 heterocycles. The maximum absolute atomic E-state index is 12.7. The lowest BCUT2D eigenvalue weighted by atomic mass is 10.1. The lowest BCUT2D eigenvalue weighted by Crippen LogP contribution is -2.53. The lowest BCUT2D eigenvalue weighted by molar-refractivity contribution is -0.136. The van der Waals surface area contributed by atoms with E-state index in [0.29, 0.717) is 38.3 Å². The first kappa shape index (κ1) is 19.9. The normalized spacial score (nSPS) is 24.0. The molecule has 1 atom stereocenters. The summed E-state index contributed by atoms with van der Waals surface area (Å²) in [5.41, 5.74) is 0.703. The van der Waals surface area contributed by atoms with Gasteiger partial charge in [0.2, 0.25) is 5.91 Å². The van der Waals surface area contributed by atoms with Crippen LogP contribution in [0, 0.1) is 5.92 Å². The van der Waals surface area contributed by atoms with Crippen LogP contribution in [0.1, 0.15) is 19.3 Å². The third-order valence-corrected chi connectivity index (χ3v) is 7.66. The Hall–Kier alpha value is -2.36. The minimum absolute atomic E-state index is 0.0488. The van der Waals surface area contributed by atoms with Crippen LogP contribution >= 0.6 is 0 Å². The molecule has 3 aliphatic rings. The average molecular weight is 422 g/mol. The Kier molecular flexibility index (Phi) is 5.62. The summed E-state index contributed by atoms with van der Waals surface area (Å²) in [6, 6.07) is 3.47. The van der Waals surface area contributed by atoms with Gasteiger partial charge in [0.15, 0.2) is 15.7 Å². The molecule has 0 radical (unpaired) electrons. The molecule has 1 N–H and O–H groups in total. The Morgan fingerprint density at radius 1 is 1.03 bits per heavy atom. The van der Waals surface area contributed by atoms with Gasteiger partial charge < -0.3 is 20.0 Å². The van der Waals surface area contributed by atoms with Crippen molar-refractivity contribution in [3.05, 3.63) is 18.3 Å². The molecule has 0 saturated carbocycles. The first-order chi connectivity index (χ1) is 13.9. The van der Waals surface area contributed by atoms with Crippen molar-refractivity contribution in [3.63, 3.8) is 0 Å². The maximum atomic E-state index is 12.7. The highest BCUT2D eigenvalue weighted by Crippen LogP contribution is 2.26. The molecule has 0 spiro atoms. The van der Waals surface area contributed by atoms with Crippen LogP contribution in [0.3, 0.4) is 0 Å². The molecule has 29 heavy (non-hydrogen) atoms. The number of nitrogens with one attached hydrogen (secondary N) is 1. The molecule has 0 aromatic carbocycles. The van der Waals surface area contributed by atoms with Gasteiger partial charge in [-0.2, -0.15) is 0 Å². The second-order valence-corrected chi connectivity index (χ2v) is 10.1. The second-order valence-electron chi connectivity index (χ2n) is 7.91. The van der Waals surface area contributed by atoms with E-state index in [0.717, 1.165) is 31.7 Å². The summed E-state index contributed by atoms with van der Waals surface area (Å²) in [4.78, 5) is 35.3. The van der Waals surface area contributed by atoms with Crippen LogP contribution in [-0.2, 0) is 14.6 Å². The zero-order chi connectivity index (χ0) is 20.4. The van der Waals surface area contributed by atoms with Gasteiger partial charge in [-0.05, 0) is 31.4 Å². The summed E-state index contributed by atoms with van der Waals surface area (Å²) in [6.45, 7) is 3.59. The number of hydrogen-bond acceptors (Lipinski definition) is 6. The predicted molar refractivity (Wildman–Crippen MR) is 110 cm³/mol. The Bertz CT molecular complexity index is 876. The fourth-order valence-electron chi connectivity index (χ4n) is 4.25. The molecule has 0 bridgehead atoms. The Morgan fingerprint density at radius 2 is 1.72 bits per heavy atom. The highest BCUT2D eigenvalue weighted by atomic mass is 32.2. The van der Waals surface area contributed by atoms with E-state index in [1.165, 1.54) is 0 Å². The lowest BCUT2D eigenvalue weighted by Gasteiger charge is -2.36. The second kappa shape index (κ2) is 8.17. The molecular weight excluding hydrogens is 394 g/mol. The van der Waals surface area contributed by atoms with Gasteiger partial charge in [0.1, 0.15) is 0 Å². The summed E-state index contributed by atoms with van der Waals surface area (Å²) in [6.07, 6.45) is 4.39. The number of aromatic nitrogens is 1. The van der Waals surface area contributed by atoms with Crippen LogP contribution in [0.15, 0.2) is 18.3 Å². The minimum Gasteiger partial charge on any atom is -0.355 e. The van der Waals surface area contributed by atoms with Crippen LogP contribution in [-0.4, -0.2) is 85.9 Å². The molecule has 3 fully saturated rings. The van der Waals surface area contributed by atoms with E-state index in [2.05, 4.69) is 15.2 Å². The first-order valence-corrected chi connectivity index (χ1v) is 12.0. The molecule has 3 amide bonds. The fraction of sp³-hybridized carbons (Fsp3) is 0.632. The molecule has 1 aromatic heterocycles. The Labute approximate surface area is 171 Å². The maximum Gasteiger partial charge on any atom is 0.322 e. The number of amides is 3. The summed E-state index contributed by atoms with van der Waals surface area (Å²) >= 11 is 0. The highest BCUT2D eigenvalue weighted by Gasteiger charge is 2.36. The molecule has 158 valence electrons. The predicted octanol–water partition coefficient (Wildman–Crippen LogP) is 0.793. The topological polar surface area (TPSA) is 103 Å². The summed E-state index contributed by atoms with van der Waals surface area (Å²) < 4.78 is 23.3. The van der Waals surface area contributed by atoms with Gasteiger partial charge in [-0.1, -0.05) is 0 Å². The van der Waals surface area contributed by atoms with Crippen LogP contribution in [0.25, 0.3) is 0 Å². The number of anilines is 2. The number of rotatable bonds is 3. The standard InChI is InChI=1S/C19H27N5O4S/c25-18(15-5-13-29(27,28)14-15)23-9-11-24(12-10-23)19(26)21-16-4-3-6-20-17(16)22-7-1-2-8-22/h3-4,6,15H,1-2,5,7-14H2,(H,21,26)/t15-/m0/s1. The van der Waals surface area contributed by atoms with Gasteiger partial charge in [0, 0.05) is 45.5 Å². The molecule has 4 rings (SSSR count). The van der Waals surface area contributed by atoms with Crippen molar-refractivity contribution in [2.24, 2.45) is 5.92 Å². The number of sulfone groups is 1. The van der Waals surface area contributed by atoms with Gasteiger partial charge in [0.05, 0.1) is 23.1 Å². The third-order valence-electron chi connectivity index (χ3n) is 5.89. The Morgan fingerprint density at radius 3 is 2.38 bits per heavy atom. The molecule has 0 unspecified atom stereocenters. The number of nitrogens with zero attached hydrogens (tertiary/aromatic N) is 4. The molecule has 10 heteroatoms. The van der Waals surface area contributed by atoms with Crippen molar-refractivity contribution < 1.29 is 18.0 Å². The smallest absolute Gasteiger partial charge is 0.322 e. The molecular formula is C19H27N5O4S. The van der Waals surface area contributed by atoms with Gasteiger partial charge in [-0.15, -0.1) is 0 Å². The van der Waals surface area contributed by atoms with Gasteiger partial charge in [0.25, 0.3) is 0 Å². The summed E-state index contributed by atoms with van der Waals surface area (Å²) in [5, 5.41) is 2.97.